The Labute approximate surface area is 114 Å². The number of hydrogen-bond donors (Lipinski definition) is 2. The molecular weight excluding hydrogens is 243 g/mol. The third-order valence-electron chi connectivity index (χ3n) is 3.70. The molecule has 4 heteroatoms. The second kappa shape index (κ2) is 7.46. The number of nitrogens with one attached hydrogen (secondary N) is 2. The highest BCUT2D eigenvalue weighted by molar-refractivity contribution is 5.29. The van der Waals surface area contributed by atoms with Crippen LogP contribution in [-0.2, 0) is 6.42 Å². The molecule has 0 unspecified atom stereocenters. The molecule has 1 saturated heterocycles. The Morgan fingerprint density at radius 1 is 1.37 bits per heavy atom. The predicted molar refractivity (Wildman–Crippen MR) is 75.1 cm³/mol. The average molecular weight is 266 g/mol. The fourth-order valence-corrected chi connectivity index (χ4v) is 2.49. The van der Waals surface area contributed by atoms with Gasteiger partial charge in [-0.3, -0.25) is 0 Å². The van der Waals surface area contributed by atoms with Crippen LogP contribution in [0.1, 0.15) is 18.4 Å². The van der Waals surface area contributed by atoms with Crippen molar-refractivity contribution in [1.29, 1.82) is 0 Å². The highest BCUT2D eigenvalue weighted by atomic mass is 19.1. The lowest BCUT2D eigenvalue weighted by Crippen LogP contribution is -2.34. The van der Waals surface area contributed by atoms with Gasteiger partial charge in [-0.1, -0.05) is 6.07 Å². The number of ether oxygens (including phenoxy) is 1. The SMILES string of the molecule is COc1ccc(CCNCC2CCNCC2)cc1F. The monoisotopic (exact) mass is 266 g/mol. The van der Waals surface area contributed by atoms with E-state index >= 15 is 0 Å². The smallest absolute Gasteiger partial charge is 0.165 e. The van der Waals surface area contributed by atoms with Gasteiger partial charge in [-0.15, -0.1) is 0 Å². The summed E-state index contributed by atoms with van der Waals surface area (Å²) in [6, 6.07) is 5.18. The molecule has 0 spiro atoms. The molecule has 0 amide bonds. The summed E-state index contributed by atoms with van der Waals surface area (Å²) in [5, 5.41) is 6.84. The zero-order chi connectivity index (χ0) is 13.5. The van der Waals surface area contributed by atoms with Crippen LogP contribution in [0, 0.1) is 11.7 Å². The molecule has 0 bridgehead atoms. The topological polar surface area (TPSA) is 33.3 Å². The number of rotatable bonds is 6. The lowest BCUT2D eigenvalue weighted by molar-refractivity contribution is 0.357. The Morgan fingerprint density at radius 2 is 2.16 bits per heavy atom. The summed E-state index contributed by atoms with van der Waals surface area (Å²) in [7, 11) is 1.48. The van der Waals surface area contributed by atoms with E-state index < -0.39 is 0 Å². The van der Waals surface area contributed by atoms with E-state index in [2.05, 4.69) is 10.6 Å². The first-order valence-electron chi connectivity index (χ1n) is 7.03. The van der Waals surface area contributed by atoms with Gasteiger partial charge in [-0.2, -0.15) is 0 Å². The van der Waals surface area contributed by atoms with Crippen LogP contribution in [0.15, 0.2) is 18.2 Å². The molecule has 0 aliphatic carbocycles. The van der Waals surface area contributed by atoms with Gasteiger partial charge in [0, 0.05) is 0 Å². The number of benzene rings is 1. The van der Waals surface area contributed by atoms with E-state index in [4.69, 9.17) is 4.74 Å². The lowest BCUT2D eigenvalue weighted by Gasteiger charge is -2.22. The molecule has 1 aliphatic rings. The van der Waals surface area contributed by atoms with Crippen molar-refractivity contribution in [3.8, 4) is 5.75 Å². The normalized spacial score (nSPS) is 16.5. The highest BCUT2D eigenvalue weighted by Gasteiger charge is 2.11. The largest absolute Gasteiger partial charge is 0.494 e. The molecule has 2 N–H and O–H groups in total. The summed E-state index contributed by atoms with van der Waals surface area (Å²) in [6.45, 7) is 4.24. The van der Waals surface area contributed by atoms with Gasteiger partial charge in [0.05, 0.1) is 7.11 Å². The minimum Gasteiger partial charge on any atom is -0.494 e. The van der Waals surface area contributed by atoms with Gasteiger partial charge >= 0.3 is 0 Å². The summed E-state index contributed by atoms with van der Waals surface area (Å²) in [4.78, 5) is 0. The van der Waals surface area contributed by atoms with Gasteiger partial charge in [0.15, 0.2) is 11.6 Å². The van der Waals surface area contributed by atoms with E-state index in [1.807, 2.05) is 6.07 Å². The van der Waals surface area contributed by atoms with E-state index in [9.17, 15) is 4.39 Å². The molecule has 19 heavy (non-hydrogen) atoms. The zero-order valence-electron chi connectivity index (χ0n) is 11.5. The minimum atomic E-state index is -0.279. The van der Waals surface area contributed by atoms with E-state index in [1.165, 1.54) is 20.0 Å². The lowest BCUT2D eigenvalue weighted by atomic mass is 9.98. The summed E-state index contributed by atoms with van der Waals surface area (Å²) in [5.74, 6) is 0.818. The third-order valence-corrected chi connectivity index (χ3v) is 3.70. The number of piperidine rings is 1. The van der Waals surface area contributed by atoms with Crippen molar-refractivity contribution in [2.45, 2.75) is 19.3 Å². The van der Waals surface area contributed by atoms with Crippen molar-refractivity contribution >= 4 is 0 Å². The maximum atomic E-state index is 13.5. The number of methoxy groups -OCH3 is 1. The molecule has 0 atom stereocenters. The van der Waals surface area contributed by atoms with Gasteiger partial charge in [0.1, 0.15) is 0 Å². The Bertz CT molecular complexity index is 392. The molecule has 0 saturated carbocycles. The van der Waals surface area contributed by atoms with E-state index in [0.29, 0.717) is 5.75 Å². The average Bonchev–Trinajstić information content (AvgIpc) is 2.45. The molecule has 1 fully saturated rings. The molecule has 0 radical (unpaired) electrons. The van der Waals surface area contributed by atoms with Crippen molar-refractivity contribution in [2.75, 3.05) is 33.3 Å². The predicted octanol–water partition coefficient (Wildman–Crippen LogP) is 1.97. The minimum absolute atomic E-state index is 0.279. The van der Waals surface area contributed by atoms with E-state index in [0.717, 1.165) is 44.1 Å². The van der Waals surface area contributed by atoms with Crippen molar-refractivity contribution in [3.63, 3.8) is 0 Å². The summed E-state index contributed by atoms with van der Waals surface area (Å²) >= 11 is 0. The fraction of sp³-hybridized carbons (Fsp3) is 0.600. The van der Waals surface area contributed by atoms with Crippen LogP contribution in [0.3, 0.4) is 0 Å². The van der Waals surface area contributed by atoms with Crippen LogP contribution in [-0.4, -0.2) is 33.3 Å². The summed E-state index contributed by atoms with van der Waals surface area (Å²) in [6.07, 6.45) is 3.36. The van der Waals surface area contributed by atoms with Gasteiger partial charge in [-0.05, 0) is 69.1 Å². The summed E-state index contributed by atoms with van der Waals surface area (Å²) < 4.78 is 18.4. The summed E-state index contributed by atoms with van der Waals surface area (Å²) in [5.41, 5.74) is 1.01. The van der Waals surface area contributed by atoms with Gasteiger partial charge < -0.3 is 15.4 Å². The number of halogens is 1. The standard InChI is InChI=1S/C15H23FN2O/c1-19-15-3-2-12(10-14(15)16)4-9-18-11-13-5-7-17-8-6-13/h2-3,10,13,17-18H,4-9,11H2,1H3. The van der Waals surface area contributed by atoms with Crippen molar-refractivity contribution in [3.05, 3.63) is 29.6 Å². The van der Waals surface area contributed by atoms with Crippen molar-refractivity contribution < 1.29 is 9.13 Å². The Hall–Kier alpha value is -1.13. The van der Waals surface area contributed by atoms with Crippen molar-refractivity contribution in [1.82, 2.24) is 10.6 Å². The van der Waals surface area contributed by atoms with Crippen LogP contribution in [0.2, 0.25) is 0 Å². The second-order valence-electron chi connectivity index (χ2n) is 5.12. The molecule has 1 heterocycles. The maximum absolute atomic E-state index is 13.5. The van der Waals surface area contributed by atoms with E-state index in [-0.39, 0.29) is 5.82 Å². The second-order valence-corrected chi connectivity index (χ2v) is 5.12. The van der Waals surface area contributed by atoms with E-state index in [1.54, 1.807) is 12.1 Å². The first-order valence-corrected chi connectivity index (χ1v) is 7.03. The maximum Gasteiger partial charge on any atom is 0.165 e. The third kappa shape index (κ3) is 4.48. The molecule has 2 rings (SSSR count). The molecule has 3 nitrogen and oxygen atoms in total. The van der Waals surface area contributed by atoms with Crippen LogP contribution in [0.25, 0.3) is 0 Å². The van der Waals surface area contributed by atoms with Crippen molar-refractivity contribution in [2.24, 2.45) is 5.92 Å². The number of hydrogen-bond acceptors (Lipinski definition) is 3. The van der Waals surface area contributed by atoms with Gasteiger partial charge in [0.2, 0.25) is 0 Å². The quantitative estimate of drug-likeness (QED) is 0.772. The van der Waals surface area contributed by atoms with Crippen LogP contribution >= 0.6 is 0 Å². The fourth-order valence-electron chi connectivity index (χ4n) is 2.49. The van der Waals surface area contributed by atoms with Crippen LogP contribution < -0.4 is 15.4 Å². The highest BCUT2D eigenvalue weighted by Crippen LogP contribution is 2.17. The zero-order valence-corrected chi connectivity index (χ0v) is 11.5. The molecule has 106 valence electrons. The van der Waals surface area contributed by atoms with Gasteiger partial charge in [-0.25, -0.2) is 4.39 Å². The first-order chi connectivity index (χ1) is 9.29. The molecule has 1 aliphatic heterocycles. The Morgan fingerprint density at radius 3 is 2.84 bits per heavy atom. The van der Waals surface area contributed by atoms with Crippen LogP contribution in [0.5, 0.6) is 5.75 Å². The molecule has 1 aromatic carbocycles. The molecule has 1 aromatic rings. The molecule has 0 aromatic heterocycles. The first kappa shape index (κ1) is 14.3. The van der Waals surface area contributed by atoms with Gasteiger partial charge in [0.25, 0.3) is 0 Å². The Kier molecular flexibility index (Phi) is 5.61. The molecular formula is C15H23FN2O. The van der Waals surface area contributed by atoms with Crippen LogP contribution in [0.4, 0.5) is 4.39 Å². The Balaban J connectivity index is 1.69.